The fraction of sp³-hybridized carbons (Fsp3) is 0.875. The van der Waals surface area contributed by atoms with Gasteiger partial charge in [-0.25, -0.2) is 0 Å². The van der Waals surface area contributed by atoms with E-state index in [0.717, 1.165) is 32.1 Å². The van der Waals surface area contributed by atoms with Crippen molar-refractivity contribution < 1.29 is 19.1 Å². The zero-order valence-corrected chi connectivity index (χ0v) is 12.6. The van der Waals surface area contributed by atoms with Gasteiger partial charge in [-0.3, -0.25) is 9.59 Å². The Morgan fingerprint density at radius 3 is 2.75 bits per heavy atom. The van der Waals surface area contributed by atoms with Gasteiger partial charge in [-0.15, -0.1) is 0 Å². The van der Waals surface area contributed by atoms with E-state index in [1.54, 1.807) is 0 Å². The molecule has 112 valence electrons. The van der Waals surface area contributed by atoms with Crippen molar-refractivity contribution in [1.29, 1.82) is 0 Å². The number of carbonyl (C=O) groups excluding carboxylic acids is 2. The maximum atomic E-state index is 12.3. The lowest BCUT2D eigenvalue weighted by atomic mass is 9.67. The molecule has 0 spiro atoms. The molecule has 20 heavy (non-hydrogen) atoms. The smallest absolute Gasteiger partial charge is 0.311 e. The minimum absolute atomic E-state index is 0.0339. The fourth-order valence-corrected chi connectivity index (χ4v) is 3.86. The van der Waals surface area contributed by atoms with E-state index in [0.29, 0.717) is 11.8 Å². The molecule has 0 aromatic carbocycles. The van der Waals surface area contributed by atoms with Gasteiger partial charge in [0.05, 0.1) is 11.3 Å². The van der Waals surface area contributed by atoms with Crippen LogP contribution in [0.1, 0.15) is 52.9 Å². The molecular weight excluding hydrogens is 256 g/mol. The van der Waals surface area contributed by atoms with Crippen LogP contribution in [-0.4, -0.2) is 24.1 Å². The maximum Gasteiger partial charge on any atom is 0.311 e. The quantitative estimate of drug-likeness (QED) is 0.746. The largest absolute Gasteiger partial charge is 0.458 e. The Morgan fingerprint density at radius 2 is 2.05 bits per heavy atom. The minimum Gasteiger partial charge on any atom is -0.458 e. The van der Waals surface area contributed by atoms with Crippen molar-refractivity contribution in [2.75, 3.05) is 0 Å². The van der Waals surface area contributed by atoms with Crippen molar-refractivity contribution >= 4 is 11.9 Å². The topological polar surface area (TPSA) is 52.6 Å². The second-order valence-electron chi connectivity index (χ2n) is 7.35. The van der Waals surface area contributed by atoms with Gasteiger partial charge in [0.25, 0.3) is 0 Å². The molecule has 2 aliphatic carbocycles. The summed E-state index contributed by atoms with van der Waals surface area (Å²) in [6, 6.07) is 0. The summed E-state index contributed by atoms with van der Waals surface area (Å²) in [6.07, 6.45) is 4.05. The molecule has 2 saturated heterocycles. The van der Waals surface area contributed by atoms with Crippen LogP contribution in [0.25, 0.3) is 0 Å². The summed E-state index contributed by atoms with van der Waals surface area (Å²) in [4.78, 5) is 24.3. The molecule has 4 rings (SSSR count). The molecular formula is C16H24O4. The van der Waals surface area contributed by atoms with Crippen LogP contribution in [0.4, 0.5) is 0 Å². The van der Waals surface area contributed by atoms with E-state index in [1.807, 2.05) is 20.8 Å². The normalized spacial score (nSPS) is 39.4. The van der Waals surface area contributed by atoms with Crippen molar-refractivity contribution in [3.8, 4) is 0 Å². The maximum absolute atomic E-state index is 12.3. The molecule has 2 heterocycles. The lowest BCUT2D eigenvalue weighted by molar-refractivity contribution is -0.180. The third kappa shape index (κ3) is 2.23. The third-order valence-electron chi connectivity index (χ3n) is 5.52. The van der Waals surface area contributed by atoms with Gasteiger partial charge in [0.1, 0.15) is 12.2 Å². The Bertz CT molecular complexity index is 428. The molecule has 0 aromatic heterocycles. The molecule has 2 saturated carbocycles. The van der Waals surface area contributed by atoms with E-state index < -0.39 is 5.41 Å². The highest BCUT2D eigenvalue weighted by molar-refractivity contribution is 5.76. The van der Waals surface area contributed by atoms with Crippen LogP contribution < -0.4 is 0 Å². The van der Waals surface area contributed by atoms with Crippen molar-refractivity contribution in [2.45, 2.75) is 65.1 Å². The summed E-state index contributed by atoms with van der Waals surface area (Å²) in [6.45, 7) is 5.81. The fourth-order valence-electron chi connectivity index (χ4n) is 3.86. The molecule has 4 nitrogen and oxygen atoms in total. The molecule has 0 amide bonds. The van der Waals surface area contributed by atoms with Crippen LogP contribution in [0.5, 0.6) is 0 Å². The Kier molecular flexibility index (Phi) is 3.30. The molecule has 0 radical (unpaired) electrons. The third-order valence-corrected chi connectivity index (χ3v) is 5.52. The number of carbonyl (C=O) groups is 2. The monoisotopic (exact) mass is 280 g/mol. The molecule has 2 aliphatic heterocycles. The lowest BCUT2D eigenvalue weighted by Gasteiger charge is -2.42. The first-order valence-electron chi connectivity index (χ1n) is 7.82. The van der Waals surface area contributed by atoms with Gasteiger partial charge in [-0.05, 0) is 51.9 Å². The van der Waals surface area contributed by atoms with Gasteiger partial charge >= 0.3 is 11.9 Å². The Hall–Kier alpha value is -1.06. The van der Waals surface area contributed by atoms with Crippen LogP contribution >= 0.6 is 0 Å². The van der Waals surface area contributed by atoms with Crippen LogP contribution in [0, 0.1) is 23.2 Å². The first-order chi connectivity index (χ1) is 9.40. The van der Waals surface area contributed by atoms with Gasteiger partial charge in [0.2, 0.25) is 0 Å². The summed E-state index contributed by atoms with van der Waals surface area (Å²) < 4.78 is 11.4. The molecule has 0 aromatic rings. The standard InChI is InChI=1S/C16H24O4/c1-4-16(2,3)15(18)20-13-10-5-9-6-11(8-10)14(17)19-12(13)7-9/h9-13H,4-8H2,1-3H3. The highest BCUT2D eigenvalue weighted by Gasteiger charge is 2.52. The summed E-state index contributed by atoms with van der Waals surface area (Å²) in [5.74, 6) is 0.681. The predicted molar refractivity (Wildman–Crippen MR) is 72.8 cm³/mol. The average Bonchev–Trinajstić information content (AvgIpc) is 2.56. The van der Waals surface area contributed by atoms with Gasteiger partial charge < -0.3 is 9.47 Å². The number of hydrogen-bond donors (Lipinski definition) is 0. The van der Waals surface area contributed by atoms with E-state index in [-0.39, 0.29) is 30.1 Å². The van der Waals surface area contributed by atoms with Crippen LogP contribution in [0.15, 0.2) is 0 Å². The number of esters is 2. The first-order valence-corrected chi connectivity index (χ1v) is 7.82. The van der Waals surface area contributed by atoms with Crippen LogP contribution in [0.2, 0.25) is 0 Å². The van der Waals surface area contributed by atoms with Crippen molar-refractivity contribution in [2.24, 2.45) is 23.2 Å². The molecule has 4 aliphatic rings. The molecule has 5 atom stereocenters. The zero-order chi connectivity index (χ0) is 14.5. The summed E-state index contributed by atoms with van der Waals surface area (Å²) >= 11 is 0. The lowest BCUT2D eigenvalue weighted by Crippen LogP contribution is -2.46. The van der Waals surface area contributed by atoms with Gasteiger partial charge in [-0.1, -0.05) is 6.92 Å². The predicted octanol–water partition coefficient (Wildman–Crippen LogP) is 2.70. The number of fused-ring (bicyclic) bond motifs is 1. The second-order valence-corrected chi connectivity index (χ2v) is 7.35. The van der Waals surface area contributed by atoms with Gasteiger partial charge in [-0.2, -0.15) is 0 Å². The molecule has 4 heteroatoms. The highest BCUT2D eigenvalue weighted by Crippen LogP contribution is 2.48. The Labute approximate surface area is 120 Å². The molecule has 5 unspecified atom stereocenters. The Balaban J connectivity index is 1.77. The van der Waals surface area contributed by atoms with Gasteiger partial charge in [0.15, 0.2) is 0 Å². The second kappa shape index (κ2) is 4.74. The number of ether oxygens (including phenoxy) is 2. The Morgan fingerprint density at radius 1 is 1.30 bits per heavy atom. The number of rotatable bonds is 3. The van der Waals surface area contributed by atoms with Crippen LogP contribution in [-0.2, 0) is 19.1 Å². The van der Waals surface area contributed by atoms with Crippen molar-refractivity contribution in [3.05, 3.63) is 0 Å². The molecule has 4 fully saturated rings. The number of hydrogen-bond acceptors (Lipinski definition) is 4. The molecule has 0 N–H and O–H groups in total. The highest BCUT2D eigenvalue weighted by atomic mass is 16.6. The minimum atomic E-state index is -0.465. The SMILES string of the molecule is CCC(C)(C)C(=O)OC1C2CC3CC(C2)C(=O)OC1C3. The van der Waals surface area contributed by atoms with E-state index in [1.165, 1.54) is 0 Å². The van der Waals surface area contributed by atoms with E-state index >= 15 is 0 Å². The average molecular weight is 280 g/mol. The summed E-state index contributed by atoms with van der Waals surface area (Å²) in [5, 5.41) is 0. The van der Waals surface area contributed by atoms with Crippen molar-refractivity contribution in [1.82, 2.24) is 0 Å². The summed E-state index contributed by atoms with van der Waals surface area (Å²) in [7, 11) is 0. The van der Waals surface area contributed by atoms with E-state index in [4.69, 9.17) is 9.47 Å². The van der Waals surface area contributed by atoms with E-state index in [2.05, 4.69) is 0 Å². The van der Waals surface area contributed by atoms with Gasteiger partial charge in [0, 0.05) is 5.92 Å². The zero-order valence-electron chi connectivity index (χ0n) is 12.6. The first kappa shape index (κ1) is 13.9. The van der Waals surface area contributed by atoms with E-state index in [9.17, 15) is 9.59 Å². The molecule has 4 bridgehead atoms. The summed E-state index contributed by atoms with van der Waals surface area (Å²) in [5.41, 5.74) is -0.465. The van der Waals surface area contributed by atoms with Crippen LogP contribution in [0.3, 0.4) is 0 Å². The van der Waals surface area contributed by atoms with Crippen molar-refractivity contribution in [3.63, 3.8) is 0 Å².